The van der Waals surface area contributed by atoms with Gasteiger partial charge in [-0.25, -0.2) is 0 Å². The van der Waals surface area contributed by atoms with Crippen LogP contribution in [0.5, 0.6) is 0 Å². The van der Waals surface area contributed by atoms with Crippen molar-refractivity contribution in [3.8, 4) is 0 Å². The SMILES string of the molecule is C=CC[C@@]1(O)C[C@@H](C)[NH+](C)C[C@H]1C. The number of aliphatic hydroxyl groups is 1. The van der Waals surface area contributed by atoms with Gasteiger partial charge in [0.2, 0.25) is 0 Å². The van der Waals surface area contributed by atoms with Crippen molar-refractivity contribution >= 4 is 0 Å². The van der Waals surface area contributed by atoms with Crippen LogP contribution in [0.1, 0.15) is 26.7 Å². The van der Waals surface area contributed by atoms with Crippen molar-refractivity contribution in [2.24, 2.45) is 5.92 Å². The molecular formula is C11H22NO+. The minimum atomic E-state index is -0.499. The van der Waals surface area contributed by atoms with Crippen LogP contribution in [0.25, 0.3) is 0 Å². The third kappa shape index (κ3) is 2.12. The topological polar surface area (TPSA) is 24.7 Å². The van der Waals surface area contributed by atoms with Gasteiger partial charge in [-0.1, -0.05) is 13.0 Å². The standard InChI is InChI=1S/C11H21NO/c1-5-6-11(13)7-10(3)12(4)8-9(11)2/h5,9-10,13H,1,6-8H2,2-4H3/p+1/t9-,10-,11-/m1/s1. The highest BCUT2D eigenvalue weighted by atomic mass is 16.3. The fourth-order valence-corrected chi connectivity index (χ4v) is 2.31. The van der Waals surface area contributed by atoms with E-state index in [1.807, 2.05) is 6.08 Å². The van der Waals surface area contributed by atoms with Crippen molar-refractivity contribution in [1.82, 2.24) is 0 Å². The van der Waals surface area contributed by atoms with E-state index in [-0.39, 0.29) is 0 Å². The van der Waals surface area contributed by atoms with Crippen LogP contribution < -0.4 is 4.90 Å². The second kappa shape index (κ2) is 3.81. The van der Waals surface area contributed by atoms with Crippen molar-refractivity contribution < 1.29 is 10.0 Å². The van der Waals surface area contributed by atoms with Crippen LogP contribution in [-0.2, 0) is 0 Å². The maximum atomic E-state index is 10.3. The van der Waals surface area contributed by atoms with E-state index in [4.69, 9.17) is 0 Å². The average Bonchev–Trinajstić information content (AvgIpc) is 2.02. The minimum Gasteiger partial charge on any atom is -0.389 e. The maximum Gasteiger partial charge on any atom is 0.0872 e. The normalized spacial score (nSPS) is 46.0. The number of rotatable bonds is 2. The zero-order valence-corrected chi connectivity index (χ0v) is 9.01. The van der Waals surface area contributed by atoms with E-state index >= 15 is 0 Å². The monoisotopic (exact) mass is 184 g/mol. The first-order valence-electron chi connectivity index (χ1n) is 5.15. The molecule has 1 fully saturated rings. The summed E-state index contributed by atoms with van der Waals surface area (Å²) in [5.41, 5.74) is -0.499. The Labute approximate surface area is 81.2 Å². The predicted molar refractivity (Wildman–Crippen MR) is 54.8 cm³/mol. The molecule has 1 aliphatic rings. The van der Waals surface area contributed by atoms with Gasteiger partial charge < -0.3 is 10.0 Å². The summed E-state index contributed by atoms with van der Waals surface area (Å²) in [6.07, 6.45) is 3.46. The highest BCUT2D eigenvalue weighted by Crippen LogP contribution is 2.28. The number of hydrogen-bond acceptors (Lipinski definition) is 1. The summed E-state index contributed by atoms with van der Waals surface area (Å²) in [7, 11) is 2.20. The van der Waals surface area contributed by atoms with Crippen molar-refractivity contribution in [3.63, 3.8) is 0 Å². The summed E-state index contributed by atoms with van der Waals surface area (Å²) in [4.78, 5) is 1.53. The molecule has 1 rings (SSSR count). The molecule has 13 heavy (non-hydrogen) atoms. The fraction of sp³-hybridized carbons (Fsp3) is 0.818. The zero-order valence-electron chi connectivity index (χ0n) is 9.01. The van der Waals surface area contributed by atoms with Crippen molar-refractivity contribution in [3.05, 3.63) is 12.7 Å². The van der Waals surface area contributed by atoms with Gasteiger partial charge in [0.15, 0.2) is 0 Å². The Kier molecular flexibility index (Phi) is 3.14. The minimum absolute atomic E-state index is 0.377. The van der Waals surface area contributed by atoms with Crippen molar-refractivity contribution in [1.29, 1.82) is 0 Å². The first-order valence-corrected chi connectivity index (χ1v) is 5.15. The largest absolute Gasteiger partial charge is 0.389 e. The Bertz CT molecular complexity index is 193. The van der Waals surface area contributed by atoms with Crippen LogP contribution in [0.15, 0.2) is 12.7 Å². The summed E-state index contributed by atoms with van der Waals surface area (Å²) < 4.78 is 0. The Morgan fingerprint density at radius 3 is 2.77 bits per heavy atom. The summed E-state index contributed by atoms with van der Waals surface area (Å²) in [5.74, 6) is 0.377. The van der Waals surface area contributed by atoms with Gasteiger partial charge in [0.05, 0.1) is 25.2 Å². The van der Waals surface area contributed by atoms with E-state index in [2.05, 4.69) is 27.5 Å². The molecule has 0 aromatic carbocycles. The number of piperidine rings is 1. The number of nitrogens with one attached hydrogen (secondary N) is 1. The van der Waals surface area contributed by atoms with Crippen LogP contribution in [0.3, 0.4) is 0 Å². The van der Waals surface area contributed by atoms with E-state index < -0.39 is 5.60 Å². The molecule has 1 unspecified atom stereocenters. The number of likely N-dealkylation sites (tertiary alicyclic amines) is 1. The van der Waals surface area contributed by atoms with Gasteiger partial charge in [0.25, 0.3) is 0 Å². The number of quaternary nitrogens is 1. The molecular weight excluding hydrogens is 162 g/mol. The Balaban J connectivity index is 2.69. The lowest BCUT2D eigenvalue weighted by atomic mass is 9.77. The molecule has 1 heterocycles. The van der Waals surface area contributed by atoms with Crippen molar-refractivity contribution in [2.45, 2.75) is 38.3 Å². The lowest BCUT2D eigenvalue weighted by Crippen LogP contribution is -3.15. The summed E-state index contributed by atoms with van der Waals surface area (Å²) in [5, 5.41) is 10.3. The molecule has 0 spiro atoms. The Morgan fingerprint density at radius 1 is 1.62 bits per heavy atom. The molecule has 0 aromatic heterocycles. The molecule has 2 nitrogen and oxygen atoms in total. The highest BCUT2D eigenvalue weighted by Gasteiger charge is 2.42. The highest BCUT2D eigenvalue weighted by molar-refractivity contribution is 4.93. The molecule has 0 saturated carbocycles. The molecule has 0 radical (unpaired) electrons. The molecule has 1 saturated heterocycles. The average molecular weight is 184 g/mol. The lowest BCUT2D eigenvalue weighted by Gasteiger charge is -2.42. The van der Waals surface area contributed by atoms with E-state index in [0.717, 1.165) is 19.4 Å². The molecule has 0 amide bonds. The molecule has 2 N–H and O–H groups in total. The molecule has 0 aliphatic carbocycles. The van der Waals surface area contributed by atoms with E-state index in [0.29, 0.717) is 12.0 Å². The third-order valence-corrected chi connectivity index (χ3v) is 3.54. The first-order chi connectivity index (χ1) is 5.99. The van der Waals surface area contributed by atoms with Gasteiger partial charge in [-0.15, -0.1) is 6.58 Å². The molecule has 76 valence electrons. The summed E-state index contributed by atoms with van der Waals surface area (Å²) in [6.45, 7) is 9.11. The molecule has 0 aromatic rings. The predicted octanol–water partition coefficient (Wildman–Crippen LogP) is 0.237. The van der Waals surface area contributed by atoms with Crippen LogP contribution >= 0.6 is 0 Å². The molecule has 2 heteroatoms. The second-order valence-corrected chi connectivity index (χ2v) is 4.65. The van der Waals surface area contributed by atoms with Gasteiger partial charge in [-0.3, -0.25) is 0 Å². The quantitative estimate of drug-likeness (QED) is 0.590. The summed E-state index contributed by atoms with van der Waals surface area (Å²) in [6, 6.07) is 0.557. The first kappa shape index (κ1) is 10.7. The Morgan fingerprint density at radius 2 is 2.23 bits per heavy atom. The van der Waals surface area contributed by atoms with Gasteiger partial charge in [-0.05, 0) is 13.3 Å². The fourth-order valence-electron chi connectivity index (χ4n) is 2.31. The van der Waals surface area contributed by atoms with E-state index in [1.54, 1.807) is 0 Å². The molecule has 4 atom stereocenters. The van der Waals surface area contributed by atoms with Crippen molar-refractivity contribution in [2.75, 3.05) is 13.6 Å². The van der Waals surface area contributed by atoms with E-state index in [1.165, 1.54) is 4.90 Å². The van der Waals surface area contributed by atoms with Gasteiger partial charge in [0, 0.05) is 12.3 Å². The number of hydrogen-bond donors (Lipinski definition) is 2. The zero-order chi connectivity index (χ0) is 10.1. The van der Waals surface area contributed by atoms with Crippen LogP contribution in [0.2, 0.25) is 0 Å². The van der Waals surface area contributed by atoms with Gasteiger partial charge in [0.1, 0.15) is 0 Å². The Hall–Kier alpha value is -0.340. The maximum absolute atomic E-state index is 10.3. The van der Waals surface area contributed by atoms with Gasteiger partial charge >= 0.3 is 0 Å². The van der Waals surface area contributed by atoms with Crippen LogP contribution in [-0.4, -0.2) is 30.3 Å². The van der Waals surface area contributed by atoms with E-state index in [9.17, 15) is 5.11 Å². The molecule has 1 aliphatic heterocycles. The second-order valence-electron chi connectivity index (χ2n) is 4.65. The summed E-state index contributed by atoms with van der Waals surface area (Å²) >= 11 is 0. The van der Waals surface area contributed by atoms with Crippen LogP contribution in [0.4, 0.5) is 0 Å². The molecule has 0 bridgehead atoms. The van der Waals surface area contributed by atoms with Crippen LogP contribution in [0, 0.1) is 5.92 Å². The lowest BCUT2D eigenvalue weighted by molar-refractivity contribution is -0.916. The van der Waals surface area contributed by atoms with Gasteiger partial charge in [-0.2, -0.15) is 0 Å². The smallest absolute Gasteiger partial charge is 0.0872 e. The third-order valence-electron chi connectivity index (χ3n) is 3.54.